The molecule has 0 unspecified atom stereocenters. The van der Waals surface area contributed by atoms with Gasteiger partial charge in [0.05, 0.1) is 11.4 Å². The summed E-state index contributed by atoms with van der Waals surface area (Å²) in [5.41, 5.74) is 5.87. The molecule has 0 aliphatic rings. The van der Waals surface area contributed by atoms with E-state index in [9.17, 15) is 17.6 Å². The van der Waals surface area contributed by atoms with E-state index in [2.05, 4.69) is 5.10 Å². The number of hydrogen-bond donors (Lipinski definition) is 1. The van der Waals surface area contributed by atoms with E-state index in [1.165, 1.54) is 6.92 Å². The highest BCUT2D eigenvalue weighted by atomic mass is 19.3. The Morgan fingerprint density at radius 2 is 2.14 bits per heavy atom. The van der Waals surface area contributed by atoms with Crippen molar-refractivity contribution in [3.8, 4) is 0 Å². The number of halogens is 4. The van der Waals surface area contributed by atoms with Crippen molar-refractivity contribution >= 4 is 5.69 Å². The second-order valence-corrected chi connectivity index (χ2v) is 2.93. The molecule has 0 saturated carbocycles. The SMILES string of the molecule is Cc1nn(CC(F)(F)C(F)F)cc1N. The molecule has 0 atom stereocenters. The monoisotopic (exact) mass is 211 g/mol. The third-order valence-electron chi connectivity index (χ3n) is 1.68. The van der Waals surface area contributed by atoms with Crippen LogP contribution in [-0.2, 0) is 6.54 Å². The zero-order valence-electron chi connectivity index (χ0n) is 7.35. The highest BCUT2D eigenvalue weighted by molar-refractivity contribution is 5.39. The minimum absolute atomic E-state index is 0.204. The van der Waals surface area contributed by atoms with E-state index in [1.807, 2.05) is 0 Å². The fraction of sp³-hybridized carbons (Fsp3) is 0.571. The molecule has 0 bridgehead atoms. The lowest BCUT2D eigenvalue weighted by atomic mass is 10.3. The third-order valence-corrected chi connectivity index (χ3v) is 1.68. The largest absolute Gasteiger partial charge is 0.396 e. The van der Waals surface area contributed by atoms with Crippen LogP contribution in [0.25, 0.3) is 0 Å². The molecular formula is C7H9F4N3. The molecule has 7 heteroatoms. The molecule has 3 nitrogen and oxygen atoms in total. The van der Waals surface area contributed by atoms with Gasteiger partial charge >= 0.3 is 12.3 Å². The highest BCUT2D eigenvalue weighted by Gasteiger charge is 2.41. The van der Waals surface area contributed by atoms with Crippen LogP contribution in [-0.4, -0.2) is 22.1 Å². The molecule has 1 heterocycles. The normalized spacial score (nSPS) is 12.4. The van der Waals surface area contributed by atoms with Gasteiger partial charge in [-0.15, -0.1) is 0 Å². The van der Waals surface area contributed by atoms with E-state index in [0.717, 1.165) is 10.9 Å². The summed E-state index contributed by atoms with van der Waals surface area (Å²) >= 11 is 0. The first kappa shape index (κ1) is 10.8. The molecule has 0 aliphatic heterocycles. The summed E-state index contributed by atoms with van der Waals surface area (Å²) in [6.07, 6.45) is -2.60. The molecule has 0 radical (unpaired) electrons. The van der Waals surface area contributed by atoms with Crippen molar-refractivity contribution in [1.82, 2.24) is 9.78 Å². The molecule has 0 saturated heterocycles. The number of aryl methyl sites for hydroxylation is 1. The van der Waals surface area contributed by atoms with E-state index in [1.54, 1.807) is 0 Å². The standard InChI is InChI=1S/C7H9F4N3/c1-4-5(12)2-14(13-4)3-7(10,11)6(8)9/h2,6H,3,12H2,1H3. The van der Waals surface area contributed by atoms with Gasteiger partial charge in [0.25, 0.3) is 0 Å². The first-order valence-electron chi connectivity index (χ1n) is 3.78. The van der Waals surface area contributed by atoms with E-state index >= 15 is 0 Å². The smallest absolute Gasteiger partial charge is 0.326 e. The van der Waals surface area contributed by atoms with Gasteiger partial charge in [0.1, 0.15) is 6.54 Å². The number of nitrogens with two attached hydrogens (primary N) is 1. The molecule has 2 N–H and O–H groups in total. The van der Waals surface area contributed by atoms with Crippen LogP contribution < -0.4 is 5.73 Å². The van der Waals surface area contributed by atoms with E-state index in [-0.39, 0.29) is 5.69 Å². The second kappa shape index (κ2) is 3.47. The Morgan fingerprint density at radius 1 is 1.57 bits per heavy atom. The highest BCUT2D eigenvalue weighted by Crippen LogP contribution is 2.25. The number of rotatable bonds is 3. The van der Waals surface area contributed by atoms with Crippen LogP contribution in [0.3, 0.4) is 0 Å². The molecule has 14 heavy (non-hydrogen) atoms. The minimum Gasteiger partial charge on any atom is -0.396 e. The molecule has 1 rings (SSSR count). The van der Waals surface area contributed by atoms with Crippen LogP contribution in [0.4, 0.5) is 23.2 Å². The number of hydrogen-bond acceptors (Lipinski definition) is 2. The van der Waals surface area contributed by atoms with Gasteiger partial charge in [-0.2, -0.15) is 13.9 Å². The van der Waals surface area contributed by atoms with E-state index in [4.69, 9.17) is 5.73 Å². The van der Waals surface area contributed by atoms with Gasteiger partial charge in [-0.25, -0.2) is 8.78 Å². The summed E-state index contributed by atoms with van der Waals surface area (Å²) in [7, 11) is 0. The molecule has 0 spiro atoms. The summed E-state index contributed by atoms with van der Waals surface area (Å²) in [5, 5.41) is 3.56. The fourth-order valence-electron chi connectivity index (χ4n) is 0.899. The second-order valence-electron chi connectivity index (χ2n) is 2.93. The summed E-state index contributed by atoms with van der Waals surface area (Å²) in [6.45, 7) is 0.342. The number of anilines is 1. The number of aromatic nitrogens is 2. The van der Waals surface area contributed by atoms with Gasteiger partial charge in [0.15, 0.2) is 0 Å². The van der Waals surface area contributed by atoms with E-state index < -0.39 is 18.9 Å². The Balaban J connectivity index is 2.78. The maximum atomic E-state index is 12.5. The quantitative estimate of drug-likeness (QED) is 0.773. The average molecular weight is 211 g/mol. The van der Waals surface area contributed by atoms with Gasteiger partial charge in [-0.3, -0.25) is 4.68 Å². The van der Waals surface area contributed by atoms with E-state index in [0.29, 0.717) is 5.69 Å². The van der Waals surface area contributed by atoms with Crippen molar-refractivity contribution in [3.05, 3.63) is 11.9 Å². The molecule has 0 amide bonds. The maximum Gasteiger partial charge on any atom is 0.326 e. The van der Waals surface area contributed by atoms with Crippen LogP contribution in [0.5, 0.6) is 0 Å². The predicted octanol–water partition coefficient (Wildman–Crippen LogP) is 1.67. The fourth-order valence-corrected chi connectivity index (χ4v) is 0.899. The topological polar surface area (TPSA) is 43.8 Å². The number of nitrogen functional groups attached to an aromatic ring is 1. The Morgan fingerprint density at radius 3 is 2.50 bits per heavy atom. The average Bonchev–Trinajstić information content (AvgIpc) is 2.29. The van der Waals surface area contributed by atoms with Gasteiger partial charge < -0.3 is 5.73 Å². The van der Waals surface area contributed by atoms with Gasteiger partial charge in [0.2, 0.25) is 0 Å². The van der Waals surface area contributed by atoms with Crippen LogP contribution in [0.2, 0.25) is 0 Å². The molecule has 0 aromatic carbocycles. The summed E-state index contributed by atoms with van der Waals surface area (Å²) < 4.78 is 49.3. The van der Waals surface area contributed by atoms with Crippen molar-refractivity contribution in [1.29, 1.82) is 0 Å². The zero-order valence-corrected chi connectivity index (χ0v) is 7.35. The lowest BCUT2D eigenvalue weighted by Crippen LogP contribution is -2.32. The minimum atomic E-state index is -4.08. The van der Waals surface area contributed by atoms with Crippen molar-refractivity contribution in [2.24, 2.45) is 0 Å². The summed E-state index contributed by atoms with van der Waals surface area (Å²) in [5.74, 6) is -4.08. The summed E-state index contributed by atoms with van der Waals surface area (Å²) in [4.78, 5) is 0. The van der Waals surface area contributed by atoms with Crippen molar-refractivity contribution in [3.63, 3.8) is 0 Å². The van der Waals surface area contributed by atoms with Crippen molar-refractivity contribution in [2.45, 2.75) is 25.8 Å². The lowest BCUT2D eigenvalue weighted by molar-refractivity contribution is -0.139. The number of nitrogens with zero attached hydrogens (tertiary/aromatic N) is 2. The molecule has 1 aromatic heterocycles. The zero-order chi connectivity index (χ0) is 10.9. The van der Waals surface area contributed by atoms with Crippen LogP contribution in [0, 0.1) is 6.92 Å². The third kappa shape index (κ3) is 2.15. The molecule has 0 aliphatic carbocycles. The molecule has 0 fully saturated rings. The summed E-state index contributed by atoms with van der Waals surface area (Å²) in [6, 6.07) is 0. The Bertz CT molecular complexity index is 301. The first-order chi connectivity index (χ1) is 6.33. The van der Waals surface area contributed by atoms with Crippen LogP contribution >= 0.6 is 0 Å². The first-order valence-corrected chi connectivity index (χ1v) is 3.78. The Kier molecular flexibility index (Phi) is 2.68. The number of alkyl halides is 4. The van der Waals surface area contributed by atoms with Gasteiger partial charge in [-0.1, -0.05) is 0 Å². The molecule has 80 valence electrons. The molecular weight excluding hydrogens is 202 g/mol. The predicted molar refractivity (Wildman–Crippen MR) is 42.3 cm³/mol. The molecule has 1 aromatic rings. The van der Waals surface area contributed by atoms with Crippen LogP contribution in [0.15, 0.2) is 6.20 Å². The van der Waals surface area contributed by atoms with Crippen molar-refractivity contribution in [2.75, 3.05) is 5.73 Å². The van der Waals surface area contributed by atoms with Crippen LogP contribution in [0.1, 0.15) is 5.69 Å². The Hall–Kier alpha value is -1.27. The van der Waals surface area contributed by atoms with Gasteiger partial charge in [-0.05, 0) is 6.92 Å². The van der Waals surface area contributed by atoms with Crippen molar-refractivity contribution < 1.29 is 17.6 Å². The maximum absolute atomic E-state index is 12.5. The van der Waals surface area contributed by atoms with Gasteiger partial charge in [0, 0.05) is 6.20 Å². The Labute approximate surface area is 77.5 Å². The lowest BCUT2D eigenvalue weighted by Gasteiger charge is -2.14.